The number of benzene rings is 1. The van der Waals surface area contributed by atoms with Crippen LogP contribution in [0.2, 0.25) is 0 Å². The van der Waals surface area contributed by atoms with E-state index >= 15 is 0 Å². The van der Waals surface area contributed by atoms with Gasteiger partial charge < -0.3 is 4.98 Å². The van der Waals surface area contributed by atoms with E-state index in [9.17, 15) is 4.39 Å². The van der Waals surface area contributed by atoms with E-state index in [1.54, 1.807) is 6.07 Å². The van der Waals surface area contributed by atoms with Crippen LogP contribution in [0.3, 0.4) is 0 Å². The number of rotatable bonds is 1. The maximum absolute atomic E-state index is 13.7. The molecule has 1 aromatic heterocycles. The summed E-state index contributed by atoms with van der Waals surface area (Å²) in [6.07, 6.45) is 4.27. The molecule has 2 aromatic rings. The van der Waals surface area contributed by atoms with Gasteiger partial charge in [0, 0.05) is 5.92 Å². The van der Waals surface area contributed by atoms with Crippen molar-refractivity contribution in [2.75, 3.05) is 0 Å². The fraction of sp³-hybridized carbons (Fsp3) is 0.533. The van der Waals surface area contributed by atoms with Gasteiger partial charge in [0.25, 0.3) is 0 Å². The smallest absolute Gasteiger partial charge is 0.151 e. The molecule has 3 aliphatic carbocycles. The first-order valence-electron chi connectivity index (χ1n) is 6.97. The Labute approximate surface area is 105 Å². The van der Waals surface area contributed by atoms with Crippen molar-refractivity contribution in [3.63, 3.8) is 0 Å². The Morgan fingerprint density at radius 3 is 2.67 bits per heavy atom. The van der Waals surface area contributed by atoms with Crippen molar-refractivity contribution in [1.82, 2.24) is 9.97 Å². The van der Waals surface area contributed by atoms with Crippen molar-refractivity contribution in [1.29, 1.82) is 0 Å². The molecule has 4 atom stereocenters. The second-order valence-corrected chi connectivity index (χ2v) is 6.27. The fourth-order valence-corrected chi connectivity index (χ4v) is 4.86. The first-order chi connectivity index (χ1) is 8.83. The SMILES string of the molecule is Fc1cccc2[nH]c(C3C4C5CCC(C5)C34)nc12. The monoisotopic (exact) mass is 242 g/mol. The minimum Gasteiger partial charge on any atom is -0.342 e. The van der Waals surface area contributed by atoms with Crippen LogP contribution in [0.15, 0.2) is 18.2 Å². The Bertz CT molecular complexity index is 631. The summed E-state index contributed by atoms with van der Waals surface area (Å²) in [6.45, 7) is 0. The third-order valence-corrected chi connectivity index (χ3v) is 5.53. The minimum atomic E-state index is -0.205. The molecule has 3 heteroatoms. The van der Waals surface area contributed by atoms with E-state index in [-0.39, 0.29) is 5.82 Å². The van der Waals surface area contributed by atoms with Gasteiger partial charge in [-0.3, -0.25) is 0 Å². The molecule has 3 fully saturated rings. The number of hydrogen-bond acceptors (Lipinski definition) is 1. The van der Waals surface area contributed by atoms with E-state index in [2.05, 4.69) is 9.97 Å². The van der Waals surface area contributed by atoms with Crippen LogP contribution < -0.4 is 0 Å². The van der Waals surface area contributed by atoms with Gasteiger partial charge in [0.15, 0.2) is 5.82 Å². The van der Waals surface area contributed by atoms with Gasteiger partial charge in [0.05, 0.1) is 5.52 Å². The number of hydrogen-bond donors (Lipinski definition) is 1. The van der Waals surface area contributed by atoms with Gasteiger partial charge >= 0.3 is 0 Å². The maximum Gasteiger partial charge on any atom is 0.151 e. The molecule has 5 rings (SSSR count). The quantitative estimate of drug-likeness (QED) is 0.815. The zero-order chi connectivity index (χ0) is 11.9. The minimum absolute atomic E-state index is 0.205. The lowest BCUT2D eigenvalue weighted by atomic mass is 10.0. The molecule has 0 radical (unpaired) electrons. The summed E-state index contributed by atoms with van der Waals surface area (Å²) >= 11 is 0. The molecule has 92 valence electrons. The number of aromatic amines is 1. The molecule has 3 saturated carbocycles. The Balaban J connectivity index is 1.59. The van der Waals surface area contributed by atoms with Crippen LogP contribution in [0.25, 0.3) is 11.0 Å². The highest BCUT2D eigenvalue weighted by Gasteiger charge is 2.66. The van der Waals surface area contributed by atoms with Crippen molar-refractivity contribution in [2.24, 2.45) is 23.7 Å². The molecule has 4 unspecified atom stereocenters. The molecule has 0 amide bonds. The molecule has 0 spiro atoms. The van der Waals surface area contributed by atoms with Gasteiger partial charge in [-0.05, 0) is 55.1 Å². The molecular formula is C15H15FN2. The third kappa shape index (κ3) is 1.02. The number of halogens is 1. The Kier molecular flexibility index (Phi) is 1.57. The average Bonchev–Trinajstić information content (AvgIpc) is 2.77. The molecule has 2 nitrogen and oxygen atoms in total. The molecule has 2 bridgehead atoms. The van der Waals surface area contributed by atoms with Gasteiger partial charge in [-0.15, -0.1) is 0 Å². The zero-order valence-corrected chi connectivity index (χ0v) is 10.1. The van der Waals surface area contributed by atoms with Crippen molar-refractivity contribution in [3.05, 3.63) is 29.8 Å². The molecule has 1 heterocycles. The second-order valence-electron chi connectivity index (χ2n) is 6.27. The lowest BCUT2D eigenvalue weighted by Crippen LogP contribution is -1.98. The van der Waals surface area contributed by atoms with Crippen LogP contribution in [0.1, 0.15) is 31.0 Å². The summed E-state index contributed by atoms with van der Waals surface area (Å²) in [5.41, 5.74) is 1.37. The van der Waals surface area contributed by atoms with Crippen LogP contribution in [0.5, 0.6) is 0 Å². The van der Waals surface area contributed by atoms with Crippen molar-refractivity contribution < 1.29 is 4.39 Å². The van der Waals surface area contributed by atoms with Gasteiger partial charge in [-0.1, -0.05) is 6.07 Å². The van der Waals surface area contributed by atoms with Crippen LogP contribution in [0.4, 0.5) is 4.39 Å². The number of nitrogens with one attached hydrogen (secondary N) is 1. The summed E-state index contributed by atoms with van der Waals surface area (Å²) in [5.74, 6) is 5.01. The molecule has 0 aliphatic heterocycles. The molecular weight excluding hydrogens is 227 g/mol. The van der Waals surface area contributed by atoms with Crippen molar-refractivity contribution in [3.8, 4) is 0 Å². The molecule has 3 aliphatic rings. The number of aromatic nitrogens is 2. The van der Waals surface area contributed by atoms with Gasteiger partial charge in [-0.25, -0.2) is 9.37 Å². The normalized spacial score (nSPS) is 40.4. The number of para-hydroxylation sites is 1. The first-order valence-corrected chi connectivity index (χ1v) is 6.97. The molecule has 1 N–H and O–H groups in total. The Morgan fingerprint density at radius 2 is 1.94 bits per heavy atom. The van der Waals surface area contributed by atoms with E-state index in [4.69, 9.17) is 0 Å². The van der Waals surface area contributed by atoms with Crippen LogP contribution >= 0.6 is 0 Å². The van der Waals surface area contributed by atoms with Crippen LogP contribution in [-0.4, -0.2) is 9.97 Å². The maximum atomic E-state index is 13.7. The van der Waals surface area contributed by atoms with Gasteiger partial charge in [-0.2, -0.15) is 0 Å². The topological polar surface area (TPSA) is 28.7 Å². The number of H-pyrrole nitrogens is 1. The highest BCUT2D eigenvalue weighted by atomic mass is 19.1. The zero-order valence-electron chi connectivity index (χ0n) is 10.1. The van der Waals surface area contributed by atoms with E-state index < -0.39 is 0 Å². The summed E-state index contributed by atoms with van der Waals surface area (Å²) < 4.78 is 13.7. The summed E-state index contributed by atoms with van der Waals surface area (Å²) in [7, 11) is 0. The predicted molar refractivity (Wildman–Crippen MR) is 66.6 cm³/mol. The van der Waals surface area contributed by atoms with E-state index in [1.165, 1.54) is 25.3 Å². The molecule has 18 heavy (non-hydrogen) atoms. The molecule has 1 aromatic carbocycles. The molecule has 0 saturated heterocycles. The standard InChI is InChI=1S/C15H15FN2/c16-9-2-1-3-10-14(9)18-15(17-10)13-11-7-4-5-8(6-7)12(11)13/h1-3,7-8,11-13H,4-6H2,(H,17,18). The highest BCUT2D eigenvalue weighted by molar-refractivity contribution is 5.75. The van der Waals surface area contributed by atoms with Crippen molar-refractivity contribution >= 4 is 11.0 Å². The predicted octanol–water partition coefficient (Wildman–Crippen LogP) is 3.46. The van der Waals surface area contributed by atoms with E-state index in [0.717, 1.165) is 35.0 Å². The Hall–Kier alpha value is -1.38. The number of nitrogens with zero attached hydrogens (tertiary/aromatic N) is 1. The second kappa shape index (κ2) is 2.95. The lowest BCUT2D eigenvalue weighted by molar-refractivity contribution is 0.456. The number of imidazole rings is 1. The largest absolute Gasteiger partial charge is 0.342 e. The van der Waals surface area contributed by atoms with E-state index in [0.29, 0.717) is 11.4 Å². The van der Waals surface area contributed by atoms with Crippen LogP contribution in [-0.2, 0) is 0 Å². The summed E-state index contributed by atoms with van der Waals surface area (Å²) in [6, 6.07) is 5.16. The Morgan fingerprint density at radius 1 is 1.17 bits per heavy atom. The summed E-state index contributed by atoms with van der Waals surface area (Å²) in [5, 5.41) is 0. The third-order valence-electron chi connectivity index (χ3n) is 5.53. The lowest BCUT2D eigenvalue weighted by Gasteiger charge is -2.05. The van der Waals surface area contributed by atoms with E-state index in [1.807, 2.05) is 6.07 Å². The van der Waals surface area contributed by atoms with Crippen molar-refractivity contribution in [2.45, 2.75) is 25.2 Å². The van der Waals surface area contributed by atoms with Gasteiger partial charge in [0.2, 0.25) is 0 Å². The number of fused-ring (bicyclic) bond motifs is 6. The fourth-order valence-electron chi connectivity index (χ4n) is 4.86. The highest BCUT2D eigenvalue weighted by Crippen LogP contribution is 2.72. The first kappa shape index (κ1) is 9.54. The summed E-state index contributed by atoms with van der Waals surface area (Å²) in [4.78, 5) is 7.87. The average molecular weight is 242 g/mol. The van der Waals surface area contributed by atoms with Crippen LogP contribution in [0, 0.1) is 29.5 Å². The van der Waals surface area contributed by atoms with Gasteiger partial charge in [0.1, 0.15) is 11.3 Å².